The van der Waals surface area contributed by atoms with Crippen molar-refractivity contribution in [3.63, 3.8) is 0 Å². The molecule has 0 aromatic carbocycles. The lowest BCUT2D eigenvalue weighted by atomic mass is 10.7. The molecule has 2 nitrogen and oxygen atoms in total. The fourth-order valence-corrected chi connectivity index (χ4v) is 5.09. The minimum atomic E-state index is 0.320. The summed E-state index contributed by atoms with van der Waals surface area (Å²) in [7, 11) is 0. The Labute approximate surface area is 102 Å². The largest absolute Gasteiger partial charge is 0.480 e. The van der Waals surface area contributed by atoms with Crippen molar-refractivity contribution in [3.8, 4) is 0 Å². The standard InChI is InChI=1S/C8H6O2S4/c1-2-10-6-5(9-1)13-8(14-6)7-11-3-4-12-7/h3-4H,1-2H2/i3D,4D. The van der Waals surface area contributed by atoms with Crippen LogP contribution in [0.3, 0.4) is 0 Å². The van der Waals surface area contributed by atoms with E-state index in [-0.39, 0.29) is 0 Å². The molecule has 0 unspecified atom stereocenters. The van der Waals surface area contributed by atoms with E-state index in [9.17, 15) is 0 Å². The monoisotopic (exact) mass is 264 g/mol. The van der Waals surface area contributed by atoms with E-state index in [4.69, 9.17) is 12.2 Å². The van der Waals surface area contributed by atoms with Crippen LogP contribution < -0.4 is 0 Å². The molecular weight excluding hydrogens is 256 g/mol. The maximum atomic E-state index is 7.54. The van der Waals surface area contributed by atoms with Crippen LogP contribution in [0.15, 0.2) is 29.4 Å². The molecule has 0 bridgehead atoms. The highest BCUT2D eigenvalue weighted by atomic mass is 32.2. The highest BCUT2D eigenvalue weighted by molar-refractivity contribution is 8.33. The first-order chi connectivity index (χ1) is 7.74. The Morgan fingerprint density at radius 2 is 1.57 bits per heavy atom. The lowest BCUT2D eigenvalue weighted by Crippen LogP contribution is -2.08. The Hall–Kier alpha value is 0.220. The topological polar surface area (TPSA) is 18.5 Å². The molecule has 0 amide bonds. The molecule has 3 rings (SSSR count). The van der Waals surface area contributed by atoms with E-state index in [1.54, 1.807) is 0 Å². The summed E-state index contributed by atoms with van der Waals surface area (Å²) in [4.78, 5) is 0. The highest BCUT2D eigenvalue weighted by Crippen LogP contribution is 2.57. The van der Waals surface area contributed by atoms with Crippen LogP contribution in [0.2, 0.25) is 0 Å². The Balaban J connectivity index is 1.79. The van der Waals surface area contributed by atoms with Gasteiger partial charge in [0, 0.05) is 0 Å². The van der Waals surface area contributed by atoms with Gasteiger partial charge >= 0.3 is 0 Å². The number of ether oxygens (including phenoxy) is 2. The molecule has 0 spiro atoms. The molecule has 0 aromatic rings. The summed E-state index contributed by atoms with van der Waals surface area (Å²) in [6.45, 7) is 1.20. The van der Waals surface area contributed by atoms with Gasteiger partial charge in [0.2, 0.25) is 10.2 Å². The van der Waals surface area contributed by atoms with Crippen LogP contribution in [0, 0.1) is 0 Å². The SMILES string of the molecule is [2H]C1=C([2H])SC(=C2SC3=C(OCCO3)S2)S1. The number of rotatable bonds is 0. The molecule has 3 heterocycles. The molecule has 14 heavy (non-hydrogen) atoms. The summed E-state index contributed by atoms with van der Waals surface area (Å²) < 4.78 is 28.1. The van der Waals surface area contributed by atoms with E-state index in [0.717, 1.165) is 18.7 Å². The van der Waals surface area contributed by atoms with Crippen molar-refractivity contribution in [3.05, 3.63) is 29.4 Å². The van der Waals surface area contributed by atoms with Gasteiger partial charge in [0.1, 0.15) is 13.2 Å². The van der Waals surface area contributed by atoms with Crippen LogP contribution in [-0.2, 0) is 9.47 Å². The van der Waals surface area contributed by atoms with Crippen LogP contribution in [0.4, 0.5) is 0 Å². The smallest absolute Gasteiger partial charge is 0.208 e. The summed E-state index contributed by atoms with van der Waals surface area (Å²) in [6, 6.07) is 0. The predicted octanol–water partition coefficient (Wildman–Crippen LogP) is 3.72. The molecule has 6 heteroatoms. The van der Waals surface area contributed by atoms with Gasteiger partial charge in [0.05, 0.1) is 11.2 Å². The zero-order chi connectivity index (χ0) is 11.1. The van der Waals surface area contributed by atoms with Crippen molar-refractivity contribution in [1.82, 2.24) is 0 Å². The Morgan fingerprint density at radius 1 is 1.00 bits per heavy atom. The Kier molecular flexibility index (Phi) is 2.14. The van der Waals surface area contributed by atoms with Crippen LogP contribution in [-0.4, -0.2) is 13.2 Å². The minimum absolute atomic E-state index is 0.320. The van der Waals surface area contributed by atoms with Gasteiger partial charge in [-0.25, -0.2) is 0 Å². The van der Waals surface area contributed by atoms with E-state index < -0.39 is 0 Å². The quantitative estimate of drug-likeness (QED) is 0.659. The first-order valence-electron chi connectivity index (χ1n) is 4.87. The second kappa shape index (κ2) is 4.00. The first-order valence-corrected chi connectivity index (χ1v) is 7.13. The van der Waals surface area contributed by atoms with Crippen LogP contribution in [0.1, 0.15) is 2.74 Å². The van der Waals surface area contributed by atoms with Crippen LogP contribution in [0.5, 0.6) is 0 Å². The number of hydrogen-bond donors (Lipinski definition) is 0. The van der Waals surface area contributed by atoms with E-state index in [2.05, 4.69) is 0 Å². The van der Waals surface area contributed by atoms with Crippen molar-refractivity contribution in [2.45, 2.75) is 0 Å². The molecule has 0 fully saturated rings. The summed E-state index contributed by atoms with van der Waals surface area (Å²) in [5, 5.41) is 2.29. The average Bonchev–Trinajstić information content (AvgIpc) is 2.83. The summed E-state index contributed by atoms with van der Waals surface area (Å²) in [5.74, 6) is 0. The fraction of sp³-hybridized carbons (Fsp3) is 0.250. The van der Waals surface area contributed by atoms with Crippen LogP contribution >= 0.6 is 47.0 Å². The van der Waals surface area contributed by atoms with Gasteiger partial charge in [-0.05, 0) is 34.3 Å². The van der Waals surface area contributed by atoms with Gasteiger partial charge in [-0.15, -0.1) is 0 Å². The van der Waals surface area contributed by atoms with Gasteiger partial charge in [-0.3, -0.25) is 0 Å². The molecule has 0 aromatic heterocycles. The van der Waals surface area contributed by atoms with Crippen molar-refractivity contribution >= 4 is 47.0 Å². The molecule has 3 aliphatic heterocycles. The Morgan fingerprint density at radius 3 is 2.14 bits per heavy atom. The number of thioether (sulfide) groups is 4. The van der Waals surface area contributed by atoms with E-state index in [1.807, 2.05) is 0 Å². The van der Waals surface area contributed by atoms with Gasteiger partial charge in [-0.2, -0.15) is 0 Å². The molecule has 0 radical (unpaired) electrons. The lowest BCUT2D eigenvalue weighted by molar-refractivity contribution is 0.0949. The van der Waals surface area contributed by atoms with E-state index >= 15 is 0 Å². The van der Waals surface area contributed by atoms with E-state index in [1.165, 1.54) is 47.0 Å². The van der Waals surface area contributed by atoms with E-state index in [0.29, 0.717) is 24.0 Å². The summed E-state index contributed by atoms with van der Waals surface area (Å²) in [5.41, 5.74) is 0. The van der Waals surface area contributed by atoms with Crippen molar-refractivity contribution in [2.24, 2.45) is 0 Å². The molecular formula is C8H6O2S4. The van der Waals surface area contributed by atoms with Gasteiger partial charge in [0.15, 0.2) is 0 Å². The zero-order valence-corrected chi connectivity index (χ0v) is 10.1. The molecule has 0 atom stereocenters. The second-order valence-electron chi connectivity index (χ2n) is 2.46. The minimum Gasteiger partial charge on any atom is -0.480 e. The normalized spacial score (nSPS) is 28.6. The lowest BCUT2D eigenvalue weighted by Gasteiger charge is -2.13. The maximum Gasteiger partial charge on any atom is 0.208 e. The van der Waals surface area contributed by atoms with Crippen molar-refractivity contribution in [1.29, 1.82) is 0 Å². The molecule has 0 saturated heterocycles. The molecule has 0 saturated carbocycles. The van der Waals surface area contributed by atoms with Crippen molar-refractivity contribution in [2.75, 3.05) is 13.2 Å². The third-order valence-corrected chi connectivity index (χ3v) is 6.30. The zero-order valence-electron chi connectivity index (χ0n) is 8.86. The van der Waals surface area contributed by atoms with Gasteiger partial charge in [0.25, 0.3) is 0 Å². The summed E-state index contributed by atoms with van der Waals surface area (Å²) >= 11 is 5.75. The maximum absolute atomic E-state index is 7.54. The Bertz CT molecular complexity index is 407. The van der Waals surface area contributed by atoms with Crippen molar-refractivity contribution < 1.29 is 12.2 Å². The highest BCUT2D eigenvalue weighted by Gasteiger charge is 2.30. The molecule has 74 valence electrons. The average molecular weight is 264 g/mol. The summed E-state index contributed by atoms with van der Waals surface area (Å²) in [6.07, 6.45) is 0. The third-order valence-electron chi connectivity index (χ3n) is 1.58. The van der Waals surface area contributed by atoms with Gasteiger partial charge < -0.3 is 9.47 Å². The molecule has 0 N–H and O–H groups in total. The number of hydrogen-bond acceptors (Lipinski definition) is 6. The fourth-order valence-electron chi connectivity index (χ4n) is 1.04. The van der Waals surface area contributed by atoms with Gasteiger partial charge in [-0.1, -0.05) is 23.5 Å². The van der Waals surface area contributed by atoms with Crippen LogP contribution in [0.25, 0.3) is 0 Å². The molecule has 0 aliphatic carbocycles. The molecule has 3 aliphatic rings. The third kappa shape index (κ3) is 1.68. The first kappa shape index (κ1) is 7.49. The predicted molar refractivity (Wildman–Crippen MR) is 65.5 cm³/mol. The second-order valence-corrected chi connectivity index (χ2v) is 6.58.